The summed E-state index contributed by atoms with van der Waals surface area (Å²) in [5, 5.41) is 10.6. The molecule has 0 aliphatic rings. The number of phosphoric acid groups is 2. The van der Waals surface area contributed by atoms with Crippen LogP contribution in [0.2, 0.25) is 0 Å². The summed E-state index contributed by atoms with van der Waals surface area (Å²) in [5.41, 5.74) is 0. The lowest BCUT2D eigenvalue weighted by Crippen LogP contribution is -2.30. The van der Waals surface area contributed by atoms with Gasteiger partial charge in [0.1, 0.15) is 19.3 Å². The summed E-state index contributed by atoms with van der Waals surface area (Å²) in [6.45, 7) is 9.53. The highest BCUT2D eigenvalue weighted by Crippen LogP contribution is 2.45. The molecule has 0 rings (SSSR count). The average molecular weight is 1370 g/mol. The normalized spacial score (nSPS) is 14.1. The minimum Gasteiger partial charge on any atom is -0.462 e. The summed E-state index contributed by atoms with van der Waals surface area (Å²) in [6, 6.07) is 0. The Balaban J connectivity index is 5.19. The van der Waals surface area contributed by atoms with Gasteiger partial charge in [-0.05, 0) is 37.5 Å². The predicted octanol–water partition coefficient (Wildman–Crippen LogP) is 21.6. The van der Waals surface area contributed by atoms with E-state index in [-0.39, 0.29) is 25.7 Å². The molecule has 0 aliphatic carbocycles. The number of aliphatic hydroxyl groups is 1. The molecule has 0 aliphatic heterocycles. The maximum absolute atomic E-state index is 13.1. The molecule has 19 heteroatoms. The maximum Gasteiger partial charge on any atom is 0.472 e. The monoisotopic (exact) mass is 1370 g/mol. The summed E-state index contributed by atoms with van der Waals surface area (Å²) in [4.78, 5) is 72.6. The van der Waals surface area contributed by atoms with Crippen LogP contribution in [0.25, 0.3) is 0 Å². The van der Waals surface area contributed by atoms with E-state index in [9.17, 15) is 43.2 Å². The number of rotatable bonds is 73. The van der Waals surface area contributed by atoms with Crippen molar-refractivity contribution in [3.8, 4) is 0 Å². The zero-order valence-corrected chi connectivity index (χ0v) is 62.3. The summed E-state index contributed by atoms with van der Waals surface area (Å²) < 4.78 is 68.3. The van der Waals surface area contributed by atoms with Gasteiger partial charge in [0, 0.05) is 25.7 Å². The molecule has 3 N–H and O–H groups in total. The second-order valence-corrected chi connectivity index (χ2v) is 30.5. The molecule has 93 heavy (non-hydrogen) atoms. The molecule has 0 amide bonds. The number of phosphoric ester groups is 2. The summed E-state index contributed by atoms with van der Waals surface area (Å²) in [6.07, 6.45) is 52.9. The number of hydrogen-bond donors (Lipinski definition) is 3. The van der Waals surface area contributed by atoms with Crippen molar-refractivity contribution in [1.82, 2.24) is 0 Å². The third kappa shape index (κ3) is 68.4. The van der Waals surface area contributed by atoms with Crippen molar-refractivity contribution in [1.29, 1.82) is 0 Å². The molecule has 0 spiro atoms. The van der Waals surface area contributed by atoms with Gasteiger partial charge in [0.25, 0.3) is 0 Å². The molecule has 0 fully saturated rings. The summed E-state index contributed by atoms with van der Waals surface area (Å²) in [7, 11) is -9.90. The Hall–Kier alpha value is -1.94. The molecule has 0 heterocycles. The van der Waals surface area contributed by atoms with Gasteiger partial charge in [-0.2, -0.15) is 0 Å². The number of esters is 4. The zero-order chi connectivity index (χ0) is 68.6. The standard InChI is InChI=1S/C74H144O17P2/c1-7-9-11-13-15-16-17-18-19-20-21-22-23-24-27-34-40-46-52-58-73(78)91-70(63-85-72(77)57-51-45-39-33-28-25-26-31-37-42-48-54-66(3)4)65-89-93(82,83)87-61-68(75)60-86-92(80,81)88-64-69(62-84-71(76)56-50-44-36-14-12-10-8-2)90-74(79)59-53-47-41-35-30-29-32-38-43-49-55-67(5)6/h66-70,75H,7-65H2,1-6H3,(H,80,81)(H,82,83)/t68-,69+,70+/m0/s1. The second kappa shape index (κ2) is 66.0. The van der Waals surface area contributed by atoms with Gasteiger partial charge >= 0.3 is 39.5 Å². The van der Waals surface area contributed by atoms with Crippen LogP contribution in [0, 0.1) is 11.8 Å². The number of aliphatic hydroxyl groups excluding tert-OH is 1. The summed E-state index contributed by atoms with van der Waals surface area (Å²) >= 11 is 0. The van der Waals surface area contributed by atoms with Crippen molar-refractivity contribution < 1.29 is 80.2 Å². The van der Waals surface area contributed by atoms with Gasteiger partial charge < -0.3 is 33.8 Å². The lowest BCUT2D eigenvalue weighted by atomic mass is 10.0. The fourth-order valence-electron chi connectivity index (χ4n) is 11.3. The Bertz CT molecular complexity index is 1800. The summed E-state index contributed by atoms with van der Waals surface area (Å²) in [5.74, 6) is -0.600. The fourth-order valence-corrected chi connectivity index (χ4v) is 12.9. The Morgan fingerprint density at radius 1 is 0.290 bits per heavy atom. The van der Waals surface area contributed by atoms with Gasteiger partial charge in [-0.3, -0.25) is 37.3 Å². The van der Waals surface area contributed by atoms with Gasteiger partial charge in [-0.15, -0.1) is 0 Å². The van der Waals surface area contributed by atoms with Crippen LogP contribution in [0.15, 0.2) is 0 Å². The second-order valence-electron chi connectivity index (χ2n) is 27.6. The molecule has 552 valence electrons. The zero-order valence-electron chi connectivity index (χ0n) is 60.6. The van der Waals surface area contributed by atoms with Crippen molar-refractivity contribution in [2.45, 2.75) is 400 Å². The topological polar surface area (TPSA) is 237 Å². The lowest BCUT2D eigenvalue weighted by Gasteiger charge is -2.21. The SMILES string of the molecule is CCCCCCCCCCCCCCCCCCCCCC(=O)O[C@H](COC(=O)CCCCCCCCCCCCCC(C)C)COP(=O)(O)OC[C@@H](O)COP(=O)(O)OC[C@@H](COC(=O)CCCCCCCCC)OC(=O)CCCCCCCCCCCCC(C)C. The van der Waals surface area contributed by atoms with E-state index in [0.717, 1.165) is 115 Å². The van der Waals surface area contributed by atoms with Crippen LogP contribution in [0.1, 0.15) is 382 Å². The first-order valence-electron chi connectivity index (χ1n) is 38.5. The molecule has 0 bridgehead atoms. The predicted molar refractivity (Wildman–Crippen MR) is 377 cm³/mol. The third-order valence-electron chi connectivity index (χ3n) is 17.2. The van der Waals surface area contributed by atoms with Crippen molar-refractivity contribution in [3.63, 3.8) is 0 Å². The van der Waals surface area contributed by atoms with Crippen LogP contribution in [0.3, 0.4) is 0 Å². The minimum atomic E-state index is -4.95. The number of unbranched alkanes of at least 4 members (excludes halogenated alkanes) is 43. The van der Waals surface area contributed by atoms with Crippen LogP contribution >= 0.6 is 15.6 Å². The molecule has 0 saturated carbocycles. The quantitative estimate of drug-likeness (QED) is 0.0222. The first-order valence-corrected chi connectivity index (χ1v) is 41.5. The van der Waals surface area contributed by atoms with Crippen LogP contribution in [-0.2, 0) is 65.4 Å². The molecule has 17 nitrogen and oxygen atoms in total. The van der Waals surface area contributed by atoms with Gasteiger partial charge in [0.05, 0.1) is 26.4 Å². The molecule has 0 aromatic rings. The molecular formula is C74H144O17P2. The average Bonchev–Trinajstić information content (AvgIpc) is 3.73. The molecule has 0 aromatic heterocycles. The Morgan fingerprint density at radius 3 is 0.731 bits per heavy atom. The lowest BCUT2D eigenvalue weighted by molar-refractivity contribution is -0.161. The fraction of sp³-hybridized carbons (Fsp3) is 0.946. The van der Waals surface area contributed by atoms with Crippen molar-refractivity contribution in [2.24, 2.45) is 11.8 Å². The highest BCUT2D eigenvalue weighted by atomic mass is 31.2. The van der Waals surface area contributed by atoms with Crippen molar-refractivity contribution in [2.75, 3.05) is 39.6 Å². The number of carbonyl (C=O) groups excluding carboxylic acids is 4. The van der Waals surface area contributed by atoms with Gasteiger partial charge in [-0.1, -0.05) is 330 Å². The molecule has 0 saturated heterocycles. The molecule has 0 aromatic carbocycles. The first-order chi connectivity index (χ1) is 44.9. The van der Waals surface area contributed by atoms with Crippen LogP contribution in [-0.4, -0.2) is 96.7 Å². The molecule has 5 atom stereocenters. The van der Waals surface area contributed by atoms with E-state index in [1.165, 1.54) is 186 Å². The van der Waals surface area contributed by atoms with E-state index in [1.807, 2.05) is 0 Å². The third-order valence-corrected chi connectivity index (χ3v) is 19.1. The van der Waals surface area contributed by atoms with Gasteiger partial charge in [-0.25, -0.2) is 9.13 Å². The van der Waals surface area contributed by atoms with Gasteiger partial charge in [0.15, 0.2) is 12.2 Å². The Kier molecular flexibility index (Phi) is 64.6. The Labute approximate surface area is 568 Å². The largest absolute Gasteiger partial charge is 0.472 e. The number of ether oxygens (including phenoxy) is 4. The number of hydrogen-bond acceptors (Lipinski definition) is 15. The van der Waals surface area contributed by atoms with E-state index in [4.69, 9.17) is 37.0 Å². The first kappa shape index (κ1) is 91.1. The maximum atomic E-state index is 13.1. The van der Waals surface area contributed by atoms with E-state index < -0.39 is 97.5 Å². The Morgan fingerprint density at radius 2 is 0.495 bits per heavy atom. The van der Waals surface area contributed by atoms with Crippen LogP contribution in [0.4, 0.5) is 0 Å². The van der Waals surface area contributed by atoms with E-state index in [0.29, 0.717) is 25.7 Å². The highest BCUT2D eigenvalue weighted by Gasteiger charge is 2.30. The highest BCUT2D eigenvalue weighted by molar-refractivity contribution is 7.47. The van der Waals surface area contributed by atoms with Crippen LogP contribution < -0.4 is 0 Å². The van der Waals surface area contributed by atoms with Gasteiger partial charge in [0.2, 0.25) is 0 Å². The number of carbonyl (C=O) groups is 4. The molecular weight excluding hydrogens is 1220 g/mol. The van der Waals surface area contributed by atoms with Crippen LogP contribution in [0.5, 0.6) is 0 Å². The minimum absolute atomic E-state index is 0.106. The van der Waals surface area contributed by atoms with E-state index in [1.54, 1.807) is 0 Å². The molecule has 0 radical (unpaired) electrons. The van der Waals surface area contributed by atoms with E-state index >= 15 is 0 Å². The van der Waals surface area contributed by atoms with E-state index in [2.05, 4.69) is 41.5 Å². The van der Waals surface area contributed by atoms with Crippen molar-refractivity contribution in [3.05, 3.63) is 0 Å². The molecule has 2 unspecified atom stereocenters. The smallest absolute Gasteiger partial charge is 0.462 e. The van der Waals surface area contributed by atoms with Crippen molar-refractivity contribution >= 4 is 39.5 Å².